The van der Waals surface area contributed by atoms with Gasteiger partial charge in [-0.05, 0) is 109 Å². The van der Waals surface area contributed by atoms with Crippen LogP contribution >= 0.6 is 0 Å². The maximum atomic E-state index is 14.0. The van der Waals surface area contributed by atoms with Crippen LogP contribution in [0.25, 0.3) is 0 Å². The van der Waals surface area contributed by atoms with E-state index in [2.05, 4.69) is 30.3 Å². The zero-order chi connectivity index (χ0) is 19.5. The van der Waals surface area contributed by atoms with Crippen LogP contribution in [-0.2, 0) is 16.0 Å². The molecule has 8 aliphatic rings. The predicted molar refractivity (Wildman–Crippen MR) is 112 cm³/mol. The third-order valence-corrected chi connectivity index (χ3v) is 12.4. The van der Waals surface area contributed by atoms with E-state index >= 15 is 0 Å². The van der Waals surface area contributed by atoms with E-state index in [-0.39, 0.29) is 11.4 Å². The van der Waals surface area contributed by atoms with Gasteiger partial charge in [0.2, 0.25) is 0 Å². The van der Waals surface area contributed by atoms with E-state index in [0.717, 1.165) is 65.6 Å². The van der Waals surface area contributed by atoms with Crippen LogP contribution in [0.4, 0.5) is 0 Å². The fourth-order valence-corrected chi connectivity index (χ4v) is 12.8. The summed E-state index contributed by atoms with van der Waals surface area (Å²) in [6.45, 7) is 0. The summed E-state index contributed by atoms with van der Waals surface area (Å²) in [5, 5.41) is 0. The Morgan fingerprint density at radius 2 is 1.73 bits per heavy atom. The van der Waals surface area contributed by atoms with Crippen LogP contribution in [0.3, 0.4) is 0 Å². The quantitative estimate of drug-likeness (QED) is 0.543. The van der Waals surface area contributed by atoms with E-state index in [0.29, 0.717) is 11.8 Å². The van der Waals surface area contributed by atoms with Crippen LogP contribution in [-0.4, -0.2) is 13.1 Å². The lowest BCUT2D eigenvalue weighted by molar-refractivity contribution is -0.162. The maximum absolute atomic E-state index is 14.0. The SMILES string of the molecule is COC(=O)[C@]1(Cc2ccccc2)[C@@H]2[C@@H]3CCC4=C5[C@H]6[C@H]([C@@H]43)[C@@H]2[C@H]2[C@@H]6[C@H]3[C@@H](CC[C@@H]53)[C@@H]21. The average Bonchev–Trinajstić information content (AvgIpc) is 3.53. The topological polar surface area (TPSA) is 26.3 Å². The molecule has 0 saturated heterocycles. The second-order valence-electron chi connectivity index (χ2n) is 12.2. The first-order valence-electron chi connectivity index (χ1n) is 12.6. The number of esters is 1. The van der Waals surface area contributed by atoms with E-state index in [9.17, 15) is 4.79 Å². The molecule has 7 fully saturated rings. The molecule has 0 spiro atoms. The van der Waals surface area contributed by atoms with Crippen molar-refractivity contribution < 1.29 is 9.53 Å². The Morgan fingerprint density at radius 1 is 0.933 bits per heavy atom. The van der Waals surface area contributed by atoms with Crippen molar-refractivity contribution in [1.82, 2.24) is 0 Å². The second-order valence-corrected chi connectivity index (χ2v) is 12.2. The summed E-state index contributed by atoms with van der Waals surface area (Å²) in [6.07, 6.45) is 6.44. The maximum Gasteiger partial charge on any atom is 0.312 e. The number of allylic oxidation sites excluding steroid dienone is 2. The molecule has 0 N–H and O–H groups in total. The van der Waals surface area contributed by atoms with Gasteiger partial charge >= 0.3 is 5.97 Å². The Morgan fingerprint density at radius 3 is 2.57 bits per heavy atom. The number of hydrogen-bond donors (Lipinski definition) is 0. The number of hydrogen-bond acceptors (Lipinski definition) is 2. The van der Waals surface area contributed by atoms with Gasteiger partial charge in [-0.15, -0.1) is 0 Å². The highest BCUT2D eigenvalue weighted by molar-refractivity contribution is 5.80. The lowest BCUT2D eigenvalue weighted by Gasteiger charge is -2.42. The summed E-state index contributed by atoms with van der Waals surface area (Å²) < 4.78 is 5.77. The number of rotatable bonds is 3. The standard InChI is InChI=1S/C28H30O2/c1-30-27(29)28(11-12-5-3-2-4-6-12)25-15-9-7-13-17-14-8-10-16-19(14)22-20(17)21(18(13)15)23(25)24(22)26(16)28/h2-6,13,15-16,18-26H,7-11H2,1H3/t13-,15+,16+,18+,19-,20+,21+,22-,23+,24+,25-,26+,28-/m0/s1. The van der Waals surface area contributed by atoms with Gasteiger partial charge in [-0.3, -0.25) is 4.79 Å². The smallest absolute Gasteiger partial charge is 0.312 e. The van der Waals surface area contributed by atoms with Gasteiger partial charge in [-0.2, -0.15) is 0 Å². The highest BCUT2D eigenvalue weighted by atomic mass is 16.5. The van der Waals surface area contributed by atoms with Gasteiger partial charge < -0.3 is 4.74 Å². The summed E-state index contributed by atoms with van der Waals surface area (Å²) in [6, 6.07) is 11.0. The van der Waals surface area contributed by atoms with Crippen LogP contribution in [0.1, 0.15) is 31.2 Å². The molecule has 0 radical (unpaired) electrons. The molecule has 1 aromatic carbocycles. The summed E-state index contributed by atoms with van der Waals surface area (Å²) in [5.41, 5.74) is 5.07. The Kier molecular flexibility index (Phi) is 2.56. The number of benzene rings is 1. The van der Waals surface area contributed by atoms with Gasteiger partial charge in [0.25, 0.3) is 0 Å². The van der Waals surface area contributed by atoms with Crippen molar-refractivity contribution in [3.63, 3.8) is 0 Å². The molecular weight excluding hydrogens is 368 g/mol. The van der Waals surface area contributed by atoms with Crippen molar-refractivity contribution in [2.24, 2.45) is 76.4 Å². The summed E-state index contributed by atoms with van der Waals surface area (Å²) >= 11 is 0. The van der Waals surface area contributed by atoms with Gasteiger partial charge in [0.15, 0.2) is 0 Å². The number of fused-ring (bicyclic) bond motifs is 3. The third-order valence-electron chi connectivity index (χ3n) is 12.4. The summed E-state index contributed by atoms with van der Waals surface area (Å²) in [7, 11) is 1.67. The van der Waals surface area contributed by atoms with E-state index in [1.165, 1.54) is 31.2 Å². The second kappa shape index (κ2) is 4.76. The predicted octanol–water partition coefficient (Wildman–Crippen LogP) is 4.75. The molecule has 9 rings (SSSR count). The van der Waals surface area contributed by atoms with Crippen molar-refractivity contribution >= 4 is 5.97 Å². The minimum atomic E-state index is -0.259. The Balaban J connectivity index is 1.34. The van der Waals surface area contributed by atoms with E-state index in [1.54, 1.807) is 7.11 Å². The molecule has 2 nitrogen and oxygen atoms in total. The Bertz CT molecular complexity index is 1040. The number of carbonyl (C=O) groups is 1. The van der Waals surface area contributed by atoms with Gasteiger partial charge in [0.1, 0.15) is 0 Å². The molecule has 0 heterocycles. The largest absolute Gasteiger partial charge is 0.469 e. The molecule has 13 atom stereocenters. The summed E-state index contributed by atoms with van der Waals surface area (Å²) in [4.78, 5) is 14.0. The highest BCUT2D eigenvalue weighted by Crippen LogP contribution is 2.89. The molecule has 1 aromatic rings. The molecule has 0 unspecified atom stereocenters. The molecule has 7 saturated carbocycles. The molecule has 154 valence electrons. The molecule has 0 bridgehead atoms. The highest BCUT2D eigenvalue weighted by Gasteiger charge is 2.86. The fourth-order valence-electron chi connectivity index (χ4n) is 12.8. The average molecular weight is 399 g/mol. The van der Waals surface area contributed by atoms with Crippen LogP contribution in [0, 0.1) is 76.4 Å². The van der Waals surface area contributed by atoms with E-state index in [1.807, 2.05) is 11.1 Å². The Labute approximate surface area is 178 Å². The molecule has 30 heavy (non-hydrogen) atoms. The van der Waals surface area contributed by atoms with E-state index < -0.39 is 0 Å². The van der Waals surface area contributed by atoms with Crippen molar-refractivity contribution in [2.45, 2.75) is 32.1 Å². The van der Waals surface area contributed by atoms with Gasteiger partial charge in [0.05, 0.1) is 12.5 Å². The van der Waals surface area contributed by atoms with Gasteiger partial charge in [-0.25, -0.2) is 0 Å². The third kappa shape index (κ3) is 1.33. The zero-order valence-corrected chi connectivity index (χ0v) is 17.7. The minimum absolute atomic E-state index is 0.161. The fraction of sp³-hybridized carbons (Fsp3) is 0.679. The van der Waals surface area contributed by atoms with Crippen LogP contribution in [0.15, 0.2) is 41.5 Å². The van der Waals surface area contributed by atoms with Crippen LogP contribution < -0.4 is 0 Å². The van der Waals surface area contributed by atoms with Crippen molar-refractivity contribution in [2.75, 3.05) is 7.11 Å². The van der Waals surface area contributed by atoms with Crippen LogP contribution in [0.2, 0.25) is 0 Å². The first kappa shape index (κ1) is 16.1. The van der Waals surface area contributed by atoms with Crippen molar-refractivity contribution in [1.29, 1.82) is 0 Å². The first-order chi connectivity index (χ1) is 14.8. The number of carbonyl (C=O) groups excluding carboxylic acids is 1. The first-order valence-corrected chi connectivity index (χ1v) is 12.6. The molecule has 8 aliphatic carbocycles. The minimum Gasteiger partial charge on any atom is -0.469 e. The summed E-state index contributed by atoms with van der Waals surface area (Å²) in [5.74, 6) is 10.0. The molecule has 0 aliphatic heterocycles. The van der Waals surface area contributed by atoms with Crippen LogP contribution in [0.5, 0.6) is 0 Å². The van der Waals surface area contributed by atoms with Crippen molar-refractivity contribution in [3.05, 3.63) is 47.0 Å². The van der Waals surface area contributed by atoms with Crippen molar-refractivity contribution in [3.8, 4) is 0 Å². The number of ether oxygens (including phenoxy) is 1. The lowest BCUT2D eigenvalue weighted by atomic mass is 9.60. The normalized spacial score (nSPS) is 58.6. The monoisotopic (exact) mass is 398 g/mol. The lowest BCUT2D eigenvalue weighted by Crippen LogP contribution is -2.48. The Hall–Kier alpha value is -1.57. The molecule has 0 aromatic heterocycles. The number of methoxy groups -OCH3 is 1. The van der Waals surface area contributed by atoms with Gasteiger partial charge in [-0.1, -0.05) is 41.5 Å². The molecule has 2 heteroatoms. The van der Waals surface area contributed by atoms with Gasteiger partial charge in [0, 0.05) is 0 Å². The molecular formula is C28H30O2. The van der Waals surface area contributed by atoms with E-state index in [4.69, 9.17) is 4.74 Å². The zero-order valence-electron chi connectivity index (χ0n) is 17.7. The molecule has 0 amide bonds.